The van der Waals surface area contributed by atoms with Crippen LogP contribution in [0.1, 0.15) is 5.56 Å². The van der Waals surface area contributed by atoms with Gasteiger partial charge in [-0.2, -0.15) is 0 Å². The van der Waals surface area contributed by atoms with E-state index >= 15 is 0 Å². The highest BCUT2D eigenvalue weighted by Gasteiger charge is 2.34. The van der Waals surface area contributed by atoms with Crippen molar-refractivity contribution in [3.63, 3.8) is 0 Å². The van der Waals surface area contributed by atoms with Crippen LogP contribution in [0.5, 0.6) is 0 Å². The molecule has 0 aliphatic rings. The smallest absolute Gasteiger partial charge is 0.159 e. The van der Waals surface area contributed by atoms with Crippen LogP contribution in [0.3, 0.4) is 0 Å². The summed E-state index contributed by atoms with van der Waals surface area (Å²) in [6.07, 6.45) is 0. The maximum Gasteiger partial charge on any atom is 0.159 e. The second kappa shape index (κ2) is 18.5. The molecule has 420 valence electrons. The Bertz CT molecular complexity index is 6090. The van der Waals surface area contributed by atoms with E-state index in [0.717, 1.165) is 100 Å². The number of benzene rings is 13. The van der Waals surface area contributed by atoms with E-state index in [1.165, 1.54) is 87.0 Å². The van der Waals surface area contributed by atoms with Crippen LogP contribution in [-0.4, -0.2) is 16.9 Å². The molecule has 19 aromatic rings. The van der Waals surface area contributed by atoms with Crippen LogP contribution in [0.15, 0.2) is 276 Å². The van der Waals surface area contributed by atoms with Crippen LogP contribution in [-0.2, 0) is 0 Å². The molecular formula is C82H56N4O2Si. The van der Waals surface area contributed by atoms with Gasteiger partial charge in [-0.1, -0.05) is 225 Å². The Hall–Kier alpha value is -11.1. The fourth-order valence-corrected chi connectivity index (χ4v) is 16.5. The average Bonchev–Trinajstić information content (AvgIpc) is 1.51. The van der Waals surface area contributed by atoms with Crippen molar-refractivity contribution in [2.24, 2.45) is 0 Å². The zero-order valence-corrected chi connectivity index (χ0v) is 50.5. The monoisotopic (exact) mass is 1160 g/mol. The normalized spacial score (nSPS) is 12.5. The molecule has 6 nitrogen and oxygen atoms in total. The van der Waals surface area contributed by atoms with E-state index < -0.39 is 8.07 Å². The third-order valence-electron chi connectivity index (χ3n) is 19.2. The first kappa shape index (κ1) is 50.1. The maximum atomic E-state index is 6.94. The van der Waals surface area contributed by atoms with E-state index in [1.807, 2.05) is 0 Å². The Morgan fingerprint density at radius 2 is 0.663 bits per heavy atom. The van der Waals surface area contributed by atoms with Gasteiger partial charge in [-0.15, -0.1) is 0 Å². The lowest BCUT2D eigenvalue weighted by atomic mass is 9.89. The number of hydrogen-bond acceptors (Lipinski definition) is 4. The van der Waals surface area contributed by atoms with Crippen molar-refractivity contribution in [1.29, 1.82) is 0 Å². The molecule has 0 amide bonds. The quantitative estimate of drug-likeness (QED) is 0.135. The number of furan rings is 2. The second-order valence-corrected chi connectivity index (χ2v) is 30.2. The minimum Gasteiger partial charge on any atom is -0.454 e. The lowest BCUT2D eigenvalue weighted by Crippen LogP contribution is -2.37. The van der Waals surface area contributed by atoms with E-state index in [4.69, 9.17) is 8.83 Å². The summed E-state index contributed by atoms with van der Waals surface area (Å²) >= 11 is 0. The molecule has 0 aliphatic heterocycles. The summed E-state index contributed by atoms with van der Waals surface area (Å²) in [4.78, 5) is 4.89. The lowest BCUT2D eigenvalue weighted by Gasteiger charge is -2.27. The third kappa shape index (κ3) is 6.96. The van der Waals surface area contributed by atoms with Gasteiger partial charge in [0.25, 0.3) is 0 Å². The van der Waals surface area contributed by atoms with Gasteiger partial charge in [0.15, 0.2) is 11.2 Å². The number of fused-ring (bicyclic) bond motifs is 18. The Morgan fingerprint density at radius 1 is 0.303 bits per heavy atom. The van der Waals surface area contributed by atoms with Gasteiger partial charge in [-0.05, 0) is 90.8 Å². The SMILES string of the molecule is Cc1ccc(N(c2cccc3c2oc2ccccc23)c2cccc3c2c2cccc4c5c(-c6ccccc6)c6c(c(-c7ccccc7)c5n3c24)c2cccc3c4c(N(c5ccc([Si](C)(C)C)cc5)c5cccc7c5oc5ccccc57)cccc4n6c32)cc1. The van der Waals surface area contributed by atoms with Crippen LogP contribution in [0, 0.1) is 6.92 Å². The molecule has 0 N–H and O–H groups in total. The van der Waals surface area contributed by atoms with Crippen molar-refractivity contribution in [2.75, 3.05) is 9.80 Å². The minimum absolute atomic E-state index is 0.854. The van der Waals surface area contributed by atoms with Gasteiger partial charge in [0.1, 0.15) is 11.2 Å². The summed E-state index contributed by atoms with van der Waals surface area (Å²) in [6.45, 7) is 9.42. The number of anilines is 6. The van der Waals surface area contributed by atoms with Crippen LogP contribution in [0.25, 0.3) is 142 Å². The zero-order valence-electron chi connectivity index (χ0n) is 49.5. The van der Waals surface area contributed by atoms with Crippen molar-refractivity contribution < 1.29 is 8.83 Å². The standard InChI is InChI=1S/C82H56N4O2Si/c1-49-41-43-52(44-42-49)83(67-37-17-27-57-55-25-11-13-39-69(55)87-81(57)67)63-33-19-35-65-73(63)59-29-15-31-61-75-72(51-23-9-6-10-24-51)80-76(71(50-21-7-5-8-22-50)79(75)85(65)77(59)61)62-32-16-30-60-74-64(34-20-36-66(74)86(80)78(60)62)84(53-45-47-54(48-46-53)89(2,3)4)68-38-18-28-58-56-26-12-14-40-70(56)88-82(58)68/h5-48H,1-4H3. The Labute approximate surface area is 513 Å². The van der Waals surface area contributed by atoms with E-state index in [9.17, 15) is 0 Å². The highest BCUT2D eigenvalue weighted by Crippen LogP contribution is 2.57. The van der Waals surface area contributed by atoms with Crippen molar-refractivity contribution in [3.05, 3.63) is 272 Å². The van der Waals surface area contributed by atoms with Gasteiger partial charge < -0.3 is 27.4 Å². The number of nitrogens with zero attached hydrogens (tertiary/aromatic N) is 4. The van der Waals surface area contributed by atoms with E-state index in [0.29, 0.717) is 0 Å². The molecule has 6 aromatic heterocycles. The van der Waals surface area contributed by atoms with E-state index in [2.05, 4.69) is 312 Å². The Balaban J connectivity index is 0.955. The number of hydrogen-bond donors (Lipinski definition) is 0. The van der Waals surface area contributed by atoms with Gasteiger partial charge in [-0.25, -0.2) is 0 Å². The highest BCUT2D eigenvalue weighted by molar-refractivity contribution is 6.88. The van der Waals surface area contributed by atoms with Gasteiger partial charge in [0.2, 0.25) is 0 Å². The summed E-state index contributed by atoms with van der Waals surface area (Å²) in [5.41, 5.74) is 22.7. The minimum atomic E-state index is -1.64. The number of aryl methyl sites for hydroxylation is 1. The van der Waals surface area contributed by atoms with Crippen LogP contribution in [0.4, 0.5) is 34.1 Å². The molecule has 13 aromatic carbocycles. The second-order valence-electron chi connectivity index (χ2n) is 25.2. The molecule has 0 fully saturated rings. The zero-order chi connectivity index (χ0) is 59.0. The summed E-state index contributed by atoms with van der Waals surface area (Å²) < 4.78 is 19.1. The molecule has 0 spiro atoms. The third-order valence-corrected chi connectivity index (χ3v) is 21.2. The molecule has 0 saturated heterocycles. The molecule has 89 heavy (non-hydrogen) atoms. The molecular weight excluding hydrogens is 1100 g/mol. The maximum absolute atomic E-state index is 6.94. The first-order valence-corrected chi connectivity index (χ1v) is 34.3. The lowest BCUT2D eigenvalue weighted by molar-refractivity contribution is 0.669. The number of aromatic nitrogens is 2. The van der Waals surface area contributed by atoms with Crippen molar-refractivity contribution in [1.82, 2.24) is 8.80 Å². The van der Waals surface area contributed by atoms with E-state index in [-0.39, 0.29) is 0 Å². The number of para-hydroxylation sites is 6. The predicted molar refractivity (Wildman–Crippen MR) is 378 cm³/mol. The molecule has 0 saturated carbocycles. The van der Waals surface area contributed by atoms with Gasteiger partial charge in [0.05, 0.1) is 63.9 Å². The van der Waals surface area contributed by atoms with Gasteiger partial charge in [-0.3, -0.25) is 0 Å². The summed E-state index contributed by atoms with van der Waals surface area (Å²) in [5, 5.41) is 15.4. The fourth-order valence-electron chi connectivity index (χ4n) is 15.3. The average molecular weight is 1160 g/mol. The van der Waals surface area contributed by atoms with Crippen LogP contribution < -0.4 is 15.0 Å². The highest BCUT2D eigenvalue weighted by atomic mass is 28.3. The molecule has 0 aliphatic carbocycles. The summed E-state index contributed by atoms with van der Waals surface area (Å²) in [6, 6.07) is 98.5. The molecule has 19 rings (SSSR count). The Kier molecular flexibility index (Phi) is 10.4. The molecule has 6 heterocycles. The molecule has 0 bridgehead atoms. The van der Waals surface area contributed by atoms with E-state index in [1.54, 1.807) is 0 Å². The molecule has 0 radical (unpaired) electrons. The van der Waals surface area contributed by atoms with Gasteiger partial charge >= 0.3 is 0 Å². The topological polar surface area (TPSA) is 41.6 Å². The van der Waals surface area contributed by atoms with Crippen LogP contribution in [0.2, 0.25) is 19.6 Å². The number of rotatable bonds is 9. The largest absolute Gasteiger partial charge is 0.454 e. The first-order chi connectivity index (χ1) is 43.8. The van der Waals surface area contributed by atoms with Gasteiger partial charge in [0, 0.05) is 87.1 Å². The fraction of sp³-hybridized carbons (Fsp3) is 0.0488. The van der Waals surface area contributed by atoms with Crippen molar-refractivity contribution >= 4 is 167 Å². The summed E-state index contributed by atoms with van der Waals surface area (Å²) in [7, 11) is -1.64. The van der Waals surface area contributed by atoms with Crippen molar-refractivity contribution in [3.8, 4) is 22.3 Å². The molecule has 0 atom stereocenters. The molecule has 7 heteroatoms. The van der Waals surface area contributed by atoms with Crippen LogP contribution >= 0.6 is 0 Å². The predicted octanol–water partition coefficient (Wildman–Crippen LogP) is 22.9. The Morgan fingerprint density at radius 3 is 1.11 bits per heavy atom. The molecule has 0 unspecified atom stereocenters. The summed E-state index contributed by atoms with van der Waals surface area (Å²) in [5.74, 6) is 0. The first-order valence-electron chi connectivity index (χ1n) is 30.8. The van der Waals surface area contributed by atoms with Crippen molar-refractivity contribution in [2.45, 2.75) is 26.6 Å².